The molecule has 140 valence electrons. The molecule has 27 heavy (non-hydrogen) atoms. The first-order chi connectivity index (χ1) is 12.7. The van der Waals surface area contributed by atoms with Crippen LogP contribution in [0.4, 0.5) is 10.1 Å². The lowest BCUT2D eigenvalue weighted by molar-refractivity contribution is -0.222. The van der Waals surface area contributed by atoms with Gasteiger partial charge in [-0.2, -0.15) is 5.10 Å². The van der Waals surface area contributed by atoms with E-state index in [1.807, 2.05) is 0 Å². The zero-order valence-corrected chi connectivity index (χ0v) is 14.2. The van der Waals surface area contributed by atoms with Gasteiger partial charge in [-0.05, 0) is 24.3 Å². The molecule has 1 fully saturated rings. The largest absolute Gasteiger partial charge is 0.476 e. The summed E-state index contributed by atoms with van der Waals surface area (Å²) < 4.78 is 25.3. The van der Waals surface area contributed by atoms with Gasteiger partial charge in [-0.15, -0.1) is 0 Å². The van der Waals surface area contributed by atoms with Crippen LogP contribution in [0.25, 0.3) is 5.69 Å². The molecule has 2 aromatic rings. The fraction of sp³-hybridized carbons (Fsp3) is 0.176. The van der Waals surface area contributed by atoms with E-state index in [-0.39, 0.29) is 22.6 Å². The lowest BCUT2D eigenvalue weighted by atomic mass is 10.2. The summed E-state index contributed by atoms with van der Waals surface area (Å²) in [5.74, 6) is -5.00. The molecule has 0 aliphatic carbocycles. The fourth-order valence-electron chi connectivity index (χ4n) is 2.29. The van der Waals surface area contributed by atoms with Crippen LogP contribution in [0.3, 0.4) is 0 Å². The van der Waals surface area contributed by atoms with E-state index >= 15 is 0 Å². The Bertz CT molecular complexity index is 957. The number of carbonyl (C=O) groups is 3. The number of cyclic esters (lactones) is 2. The number of ether oxygens (including phenoxy) is 2. The third-order valence-corrected chi connectivity index (χ3v) is 3.50. The Morgan fingerprint density at radius 2 is 1.93 bits per heavy atom. The third kappa shape index (κ3) is 3.78. The zero-order valence-electron chi connectivity index (χ0n) is 14.2. The Morgan fingerprint density at radius 1 is 1.26 bits per heavy atom. The number of halogens is 1. The van der Waals surface area contributed by atoms with Gasteiger partial charge in [0.1, 0.15) is 5.69 Å². The van der Waals surface area contributed by atoms with Gasteiger partial charge in [-0.3, -0.25) is 0 Å². The van der Waals surface area contributed by atoms with Gasteiger partial charge in [-0.1, -0.05) is 0 Å². The minimum Gasteiger partial charge on any atom is -0.476 e. The van der Waals surface area contributed by atoms with Crippen molar-refractivity contribution < 1.29 is 33.4 Å². The average molecular weight is 375 g/mol. The number of carboxylic acid groups (broad SMARTS) is 1. The summed E-state index contributed by atoms with van der Waals surface area (Å²) in [5.41, 5.74) is -0.325. The molecule has 0 amide bonds. The van der Waals surface area contributed by atoms with E-state index < -0.39 is 29.5 Å². The van der Waals surface area contributed by atoms with Gasteiger partial charge in [0.15, 0.2) is 17.1 Å². The van der Waals surface area contributed by atoms with Gasteiger partial charge in [0.25, 0.3) is 5.79 Å². The number of nitrogens with one attached hydrogen (secondary N) is 1. The Balaban J connectivity index is 1.79. The van der Waals surface area contributed by atoms with Crippen LogP contribution >= 0.6 is 0 Å². The standard InChI is InChI=1S/C17H14FN3O6/c1-17(2)26-15(24)10(16(25)27-17)8-19-9-3-4-13(11(18)7-9)21-6-5-12(20-21)14(22)23/h3-8,19H,1-2H3,(H,22,23). The van der Waals surface area contributed by atoms with Gasteiger partial charge in [0.2, 0.25) is 0 Å². The van der Waals surface area contributed by atoms with E-state index in [1.165, 1.54) is 38.2 Å². The molecule has 0 saturated carbocycles. The Morgan fingerprint density at radius 3 is 2.48 bits per heavy atom. The Labute approximate surface area is 152 Å². The summed E-state index contributed by atoms with van der Waals surface area (Å²) in [6.07, 6.45) is 2.37. The molecular weight excluding hydrogens is 361 g/mol. The highest BCUT2D eigenvalue weighted by Crippen LogP contribution is 2.23. The van der Waals surface area contributed by atoms with E-state index in [1.54, 1.807) is 0 Å². The Kier molecular flexibility index (Phi) is 4.40. The van der Waals surface area contributed by atoms with Crippen LogP contribution in [-0.4, -0.2) is 38.6 Å². The highest BCUT2D eigenvalue weighted by molar-refractivity contribution is 6.15. The maximum atomic E-state index is 14.3. The molecule has 3 rings (SSSR count). The quantitative estimate of drug-likeness (QED) is 0.472. The summed E-state index contributed by atoms with van der Waals surface area (Å²) >= 11 is 0. The lowest BCUT2D eigenvalue weighted by Gasteiger charge is -2.29. The number of carbonyl (C=O) groups excluding carboxylic acids is 2. The molecule has 2 N–H and O–H groups in total. The van der Waals surface area contributed by atoms with Crippen molar-refractivity contribution in [3.63, 3.8) is 0 Å². The van der Waals surface area contributed by atoms with Crippen molar-refractivity contribution in [1.82, 2.24) is 9.78 Å². The van der Waals surface area contributed by atoms with Crippen LogP contribution in [0.15, 0.2) is 42.2 Å². The predicted octanol–water partition coefficient (Wildman–Crippen LogP) is 1.84. The first-order valence-corrected chi connectivity index (χ1v) is 7.68. The lowest BCUT2D eigenvalue weighted by Crippen LogP contribution is -2.42. The highest BCUT2D eigenvalue weighted by atomic mass is 19.1. The molecule has 10 heteroatoms. The maximum absolute atomic E-state index is 14.3. The van der Waals surface area contributed by atoms with Crippen LogP contribution in [0.5, 0.6) is 0 Å². The van der Waals surface area contributed by atoms with E-state index in [9.17, 15) is 18.8 Å². The number of carboxylic acids is 1. The van der Waals surface area contributed by atoms with Gasteiger partial charge < -0.3 is 19.9 Å². The number of aromatic nitrogens is 2. The topological polar surface area (TPSA) is 120 Å². The van der Waals surface area contributed by atoms with Crippen LogP contribution in [0, 0.1) is 5.82 Å². The van der Waals surface area contributed by atoms with E-state index in [0.29, 0.717) is 0 Å². The van der Waals surface area contributed by atoms with Crippen molar-refractivity contribution in [2.75, 3.05) is 5.32 Å². The molecule has 1 aromatic carbocycles. The summed E-state index contributed by atoms with van der Waals surface area (Å²) in [4.78, 5) is 34.5. The van der Waals surface area contributed by atoms with Gasteiger partial charge in [0.05, 0.1) is 0 Å². The van der Waals surface area contributed by atoms with Gasteiger partial charge >= 0.3 is 17.9 Å². The normalized spacial score (nSPS) is 15.7. The SMILES string of the molecule is CC1(C)OC(=O)C(=CNc2ccc(-n3ccc(C(=O)O)n3)c(F)c2)C(=O)O1. The van der Waals surface area contributed by atoms with Crippen LogP contribution < -0.4 is 5.32 Å². The summed E-state index contributed by atoms with van der Waals surface area (Å²) in [7, 11) is 0. The molecule has 0 unspecified atom stereocenters. The number of hydrogen-bond donors (Lipinski definition) is 2. The predicted molar refractivity (Wildman–Crippen MR) is 88.5 cm³/mol. The molecule has 1 aliphatic rings. The summed E-state index contributed by atoms with van der Waals surface area (Å²) in [5, 5.41) is 15.2. The first-order valence-electron chi connectivity index (χ1n) is 7.68. The van der Waals surface area contributed by atoms with E-state index in [2.05, 4.69) is 10.4 Å². The Hall–Kier alpha value is -3.69. The second-order valence-electron chi connectivity index (χ2n) is 6.00. The van der Waals surface area contributed by atoms with E-state index in [0.717, 1.165) is 16.9 Å². The van der Waals surface area contributed by atoms with Crippen molar-refractivity contribution in [3.8, 4) is 5.69 Å². The molecule has 1 aromatic heterocycles. The van der Waals surface area contributed by atoms with Crippen molar-refractivity contribution in [1.29, 1.82) is 0 Å². The molecule has 1 aliphatic heterocycles. The number of rotatable bonds is 4. The molecule has 2 heterocycles. The maximum Gasteiger partial charge on any atom is 0.356 e. The molecule has 0 spiro atoms. The zero-order chi connectivity index (χ0) is 19.8. The van der Waals surface area contributed by atoms with Gasteiger partial charge in [-0.25, -0.2) is 23.5 Å². The summed E-state index contributed by atoms with van der Waals surface area (Å²) in [6, 6.07) is 5.15. The molecule has 0 bridgehead atoms. The van der Waals surface area contributed by atoms with Crippen molar-refractivity contribution in [2.24, 2.45) is 0 Å². The molecule has 9 nitrogen and oxygen atoms in total. The monoisotopic (exact) mass is 375 g/mol. The van der Waals surface area contributed by atoms with E-state index in [4.69, 9.17) is 14.6 Å². The number of hydrogen-bond acceptors (Lipinski definition) is 7. The molecule has 0 atom stereocenters. The van der Waals surface area contributed by atoms with Crippen molar-refractivity contribution in [3.05, 3.63) is 53.7 Å². The summed E-state index contributed by atoms with van der Waals surface area (Å²) in [6.45, 7) is 2.85. The second-order valence-corrected chi connectivity index (χ2v) is 6.00. The van der Waals surface area contributed by atoms with Gasteiger partial charge in [0, 0.05) is 31.9 Å². The van der Waals surface area contributed by atoms with Crippen LogP contribution in [0.2, 0.25) is 0 Å². The van der Waals surface area contributed by atoms with Crippen LogP contribution in [0.1, 0.15) is 24.3 Å². The fourth-order valence-corrected chi connectivity index (χ4v) is 2.29. The molecule has 1 saturated heterocycles. The first kappa shape index (κ1) is 18.1. The minimum absolute atomic E-state index is 0.0268. The van der Waals surface area contributed by atoms with Crippen molar-refractivity contribution in [2.45, 2.75) is 19.6 Å². The number of aromatic carboxylic acids is 1. The number of nitrogens with zero attached hydrogens (tertiary/aromatic N) is 2. The highest BCUT2D eigenvalue weighted by Gasteiger charge is 2.38. The smallest absolute Gasteiger partial charge is 0.356 e. The number of esters is 2. The third-order valence-electron chi connectivity index (χ3n) is 3.50. The number of anilines is 1. The minimum atomic E-state index is -1.35. The molecule has 0 radical (unpaired) electrons. The van der Waals surface area contributed by atoms with Crippen molar-refractivity contribution >= 4 is 23.6 Å². The average Bonchev–Trinajstić information content (AvgIpc) is 3.03. The van der Waals surface area contributed by atoms with Crippen LogP contribution in [-0.2, 0) is 19.1 Å². The number of benzene rings is 1. The second kappa shape index (κ2) is 6.56. The molecular formula is C17H14FN3O6.